The Morgan fingerprint density at radius 3 is 2.59 bits per heavy atom. The lowest BCUT2D eigenvalue weighted by Gasteiger charge is -2.10. The second-order valence-corrected chi connectivity index (χ2v) is 9.98. The normalized spacial score (nSPS) is 11.6. The monoisotopic (exact) mass is 465 g/mol. The van der Waals surface area contributed by atoms with Crippen molar-refractivity contribution in [3.8, 4) is 33.0 Å². The first-order chi connectivity index (χ1) is 16.5. The van der Waals surface area contributed by atoms with Crippen LogP contribution in [0.15, 0.2) is 61.3 Å². The number of hydrogen-bond acceptors (Lipinski definition) is 6. The minimum atomic E-state index is 0.331. The Balaban J connectivity index is 1.45. The second kappa shape index (κ2) is 8.07. The van der Waals surface area contributed by atoms with Crippen molar-refractivity contribution < 1.29 is 0 Å². The van der Waals surface area contributed by atoms with Crippen molar-refractivity contribution in [1.29, 1.82) is 0 Å². The van der Waals surface area contributed by atoms with Crippen LogP contribution in [-0.2, 0) is 0 Å². The van der Waals surface area contributed by atoms with Crippen molar-refractivity contribution in [1.82, 2.24) is 30.1 Å². The third-order valence-electron chi connectivity index (χ3n) is 5.76. The van der Waals surface area contributed by atoms with E-state index in [1.165, 1.54) is 9.75 Å². The number of aryl methyl sites for hydroxylation is 1. The van der Waals surface area contributed by atoms with Gasteiger partial charge in [-0.1, -0.05) is 0 Å². The second-order valence-electron chi connectivity index (χ2n) is 8.70. The van der Waals surface area contributed by atoms with E-state index in [4.69, 9.17) is 0 Å². The lowest BCUT2D eigenvalue weighted by atomic mass is 10.1. The summed E-state index contributed by atoms with van der Waals surface area (Å²) in [5, 5.41) is 13.1. The quantitative estimate of drug-likeness (QED) is 0.273. The molecule has 168 valence electrons. The van der Waals surface area contributed by atoms with Crippen molar-refractivity contribution in [3.63, 3.8) is 0 Å². The Bertz CT molecular complexity index is 1640. The maximum absolute atomic E-state index is 4.60. The Morgan fingerprint density at radius 2 is 1.76 bits per heavy atom. The maximum atomic E-state index is 4.60. The molecule has 0 fully saturated rings. The van der Waals surface area contributed by atoms with Gasteiger partial charge in [0.15, 0.2) is 5.65 Å². The van der Waals surface area contributed by atoms with Gasteiger partial charge in [-0.15, -0.1) is 11.3 Å². The predicted molar refractivity (Wildman–Crippen MR) is 139 cm³/mol. The van der Waals surface area contributed by atoms with Gasteiger partial charge >= 0.3 is 0 Å². The fourth-order valence-electron chi connectivity index (χ4n) is 4.23. The first-order valence-electron chi connectivity index (χ1n) is 11.1. The van der Waals surface area contributed by atoms with Crippen LogP contribution in [0.4, 0.5) is 5.69 Å². The van der Waals surface area contributed by atoms with Gasteiger partial charge in [0.1, 0.15) is 0 Å². The Kier molecular flexibility index (Phi) is 4.88. The molecular formula is C26H23N7S. The number of rotatable bonds is 5. The molecular weight excluding hydrogens is 442 g/mol. The van der Waals surface area contributed by atoms with Crippen molar-refractivity contribution in [2.75, 3.05) is 5.32 Å². The van der Waals surface area contributed by atoms with E-state index in [1.807, 2.05) is 31.0 Å². The van der Waals surface area contributed by atoms with Crippen LogP contribution in [0.1, 0.15) is 18.7 Å². The van der Waals surface area contributed by atoms with Gasteiger partial charge in [0, 0.05) is 68.0 Å². The number of nitrogens with one attached hydrogen (secondary N) is 3. The van der Waals surface area contributed by atoms with Gasteiger partial charge in [-0.2, -0.15) is 5.10 Å². The van der Waals surface area contributed by atoms with Crippen LogP contribution in [-0.4, -0.2) is 36.2 Å². The minimum Gasteiger partial charge on any atom is -0.382 e. The highest BCUT2D eigenvalue weighted by molar-refractivity contribution is 7.15. The van der Waals surface area contributed by atoms with Crippen LogP contribution >= 0.6 is 11.3 Å². The molecule has 0 atom stereocenters. The summed E-state index contributed by atoms with van der Waals surface area (Å²) in [6.07, 6.45) is 9.34. The van der Waals surface area contributed by atoms with Crippen molar-refractivity contribution in [3.05, 3.63) is 66.2 Å². The molecule has 6 aromatic rings. The van der Waals surface area contributed by atoms with E-state index in [0.717, 1.165) is 50.1 Å². The fourth-order valence-corrected chi connectivity index (χ4v) is 5.13. The molecule has 0 bridgehead atoms. The molecule has 0 aliphatic rings. The first-order valence-corrected chi connectivity index (χ1v) is 12.0. The number of hydrogen-bond donors (Lipinski definition) is 3. The molecule has 6 rings (SSSR count). The smallest absolute Gasteiger partial charge is 0.181 e. The number of pyridine rings is 3. The highest BCUT2D eigenvalue weighted by Gasteiger charge is 2.15. The van der Waals surface area contributed by atoms with E-state index in [2.05, 4.69) is 86.6 Å². The standard InChI is InChI=1S/C26H23N7S/c1-14(2)30-18-6-16(9-27-11-18)17-7-20-25(32-33-26(20)29-10-17)22-8-19-21(12-28-13-23(19)31-22)24-5-4-15(3)34-24/h4-14,30-31H,1-3H3,(H,29,32,33). The van der Waals surface area contributed by atoms with Crippen molar-refractivity contribution in [2.24, 2.45) is 0 Å². The van der Waals surface area contributed by atoms with E-state index in [-0.39, 0.29) is 0 Å². The van der Waals surface area contributed by atoms with Gasteiger partial charge < -0.3 is 10.3 Å². The molecule has 0 saturated carbocycles. The minimum absolute atomic E-state index is 0.331. The molecule has 3 N–H and O–H groups in total. The number of anilines is 1. The van der Waals surface area contributed by atoms with E-state index in [0.29, 0.717) is 11.7 Å². The zero-order valence-corrected chi connectivity index (χ0v) is 19.9. The SMILES string of the molecule is Cc1ccc(-c2cncc3[nH]c(-c4[nH]nc5ncc(-c6cncc(NC(C)C)c6)cc45)cc23)s1. The van der Waals surface area contributed by atoms with Crippen molar-refractivity contribution >= 4 is 39.0 Å². The van der Waals surface area contributed by atoms with Gasteiger partial charge in [-0.3, -0.25) is 15.1 Å². The van der Waals surface area contributed by atoms with Gasteiger partial charge in [0.25, 0.3) is 0 Å². The summed E-state index contributed by atoms with van der Waals surface area (Å²) in [4.78, 5) is 19.5. The molecule has 7 nitrogen and oxygen atoms in total. The highest BCUT2D eigenvalue weighted by Crippen LogP contribution is 2.36. The first kappa shape index (κ1) is 20.6. The Morgan fingerprint density at radius 1 is 0.912 bits per heavy atom. The summed E-state index contributed by atoms with van der Waals surface area (Å²) in [5.41, 5.74) is 7.62. The van der Waals surface area contributed by atoms with Gasteiger partial charge in [-0.05, 0) is 51.1 Å². The Labute approximate surface area is 200 Å². The van der Waals surface area contributed by atoms with Gasteiger partial charge in [0.05, 0.1) is 28.8 Å². The molecule has 6 heterocycles. The van der Waals surface area contributed by atoms with E-state index >= 15 is 0 Å². The molecule has 0 spiro atoms. The molecule has 0 aromatic carbocycles. The molecule has 0 radical (unpaired) electrons. The number of fused-ring (bicyclic) bond motifs is 2. The molecule has 0 aliphatic carbocycles. The lowest BCUT2D eigenvalue weighted by molar-refractivity contribution is 0.898. The predicted octanol–water partition coefficient (Wildman–Crippen LogP) is 6.42. The molecule has 8 heteroatoms. The van der Waals surface area contributed by atoms with Gasteiger partial charge in [0.2, 0.25) is 0 Å². The zero-order chi connectivity index (χ0) is 23.2. The molecule has 0 aliphatic heterocycles. The number of H-pyrrole nitrogens is 2. The number of nitrogens with zero attached hydrogens (tertiary/aromatic N) is 4. The fraction of sp³-hybridized carbons (Fsp3) is 0.154. The van der Waals surface area contributed by atoms with E-state index < -0.39 is 0 Å². The van der Waals surface area contributed by atoms with Crippen molar-refractivity contribution in [2.45, 2.75) is 26.8 Å². The van der Waals surface area contributed by atoms with Crippen LogP contribution in [0.25, 0.3) is 54.9 Å². The average molecular weight is 466 g/mol. The summed E-state index contributed by atoms with van der Waals surface area (Å²) in [6, 6.07) is 11.0. The average Bonchev–Trinajstić information content (AvgIpc) is 3.55. The van der Waals surface area contributed by atoms with Crippen LogP contribution in [0.2, 0.25) is 0 Å². The summed E-state index contributed by atoms with van der Waals surface area (Å²) < 4.78 is 0. The number of thiophene rings is 1. The molecule has 6 aromatic heterocycles. The number of aromatic nitrogens is 6. The van der Waals surface area contributed by atoms with Crippen LogP contribution in [0, 0.1) is 6.92 Å². The topological polar surface area (TPSA) is 95.2 Å². The van der Waals surface area contributed by atoms with E-state index in [1.54, 1.807) is 11.3 Å². The lowest BCUT2D eigenvalue weighted by Crippen LogP contribution is -2.09. The summed E-state index contributed by atoms with van der Waals surface area (Å²) >= 11 is 1.77. The maximum Gasteiger partial charge on any atom is 0.181 e. The van der Waals surface area contributed by atoms with Crippen LogP contribution in [0.3, 0.4) is 0 Å². The highest BCUT2D eigenvalue weighted by atomic mass is 32.1. The number of aromatic amines is 2. The zero-order valence-electron chi connectivity index (χ0n) is 19.0. The molecule has 0 saturated heterocycles. The molecule has 0 unspecified atom stereocenters. The third-order valence-corrected chi connectivity index (χ3v) is 6.79. The Hall–Kier alpha value is -4.04. The largest absolute Gasteiger partial charge is 0.382 e. The summed E-state index contributed by atoms with van der Waals surface area (Å²) in [7, 11) is 0. The summed E-state index contributed by atoms with van der Waals surface area (Å²) in [5.74, 6) is 0. The third kappa shape index (κ3) is 3.62. The van der Waals surface area contributed by atoms with Crippen LogP contribution in [0.5, 0.6) is 0 Å². The van der Waals surface area contributed by atoms with Crippen LogP contribution < -0.4 is 5.32 Å². The molecule has 0 amide bonds. The van der Waals surface area contributed by atoms with Gasteiger partial charge in [-0.25, -0.2) is 4.98 Å². The summed E-state index contributed by atoms with van der Waals surface area (Å²) in [6.45, 7) is 6.34. The van der Waals surface area contributed by atoms with E-state index in [9.17, 15) is 0 Å². The molecule has 34 heavy (non-hydrogen) atoms.